The lowest BCUT2D eigenvalue weighted by atomic mass is 10.1. The van der Waals surface area contributed by atoms with Crippen molar-refractivity contribution in [3.63, 3.8) is 0 Å². The molecule has 2 rings (SSSR count). The molecule has 2 nitrogen and oxygen atoms in total. The molecular weight excluding hydrogens is 376 g/mol. The molecule has 0 spiro atoms. The van der Waals surface area contributed by atoms with Gasteiger partial charge in [0.25, 0.3) is 0 Å². The number of halogens is 2. The highest BCUT2D eigenvalue weighted by atomic mass is 79.9. The molecule has 0 aliphatic carbocycles. The van der Waals surface area contributed by atoms with Crippen LogP contribution in [0.2, 0.25) is 0 Å². The van der Waals surface area contributed by atoms with Gasteiger partial charge in [0.15, 0.2) is 0 Å². The zero-order chi connectivity index (χ0) is 13.1. The van der Waals surface area contributed by atoms with E-state index in [9.17, 15) is 0 Å². The van der Waals surface area contributed by atoms with Gasteiger partial charge in [-0.3, -0.25) is 0 Å². The first-order valence-corrected chi connectivity index (χ1v) is 7.81. The van der Waals surface area contributed by atoms with Crippen molar-refractivity contribution < 1.29 is 0 Å². The maximum absolute atomic E-state index is 5.88. The van der Waals surface area contributed by atoms with Gasteiger partial charge < -0.3 is 5.73 Å². The Kier molecular flexibility index (Phi) is 4.84. The molecule has 0 saturated heterocycles. The highest BCUT2D eigenvalue weighted by Crippen LogP contribution is 2.31. The van der Waals surface area contributed by atoms with Gasteiger partial charge in [0, 0.05) is 26.1 Å². The normalized spacial score (nSPS) is 12.4. The number of pyridine rings is 1. The predicted octanol–water partition coefficient (Wildman–Crippen LogP) is 4.78. The summed E-state index contributed by atoms with van der Waals surface area (Å²) in [5.74, 6) is 0. The Morgan fingerprint density at radius 3 is 2.56 bits per heavy atom. The Morgan fingerprint density at radius 2 is 2.00 bits per heavy atom. The van der Waals surface area contributed by atoms with Gasteiger partial charge in [-0.15, -0.1) is 0 Å². The maximum atomic E-state index is 5.88. The first-order valence-electron chi connectivity index (χ1n) is 5.40. The Morgan fingerprint density at radius 1 is 1.22 bits per heavy atom. The summed E-state index contributed by atoms with van der Waals surface area (Å²) in [6.07, 6.45) is 1.80. The molecule has 1 heterocycles. The molecule has 5 heteroatoms. The molecule has 1 atom stereocenters. The Bertz CT molecular complexity index is 541. The van der Waals surface area contributed by atoms with Crippen molar-refractivity contribution in [1.82, 2.24) is 4.98 Å². The standard InChI is InChI=1S/C13H12Br2N2S/c1-8(16)11-4-3-10(6-12(11)15)18-13-5-2-9(14)7-17-13/h2-8H,16H2,1H3. The third-order valence-electron chi connectivity index (χ3n) is 2.39. The number of benzene rings is 1. The van der Waals surface area contributed by atoms with Crippen LogP contribution in [0.25, 0.3) is 0 Å². The number of nitrogens with two attached hydrogens (primary N) is 1. The average molecular weight is 388 g/mol. The van der Waals surface area contributed by atoms with Gasteiger partial charge in [0.05, 0.1) is 0 Å². The summed E-state index contributed by atoms with van der Waals surface area (Å²) in [5, 5.41) is 0.971. The fourth-order valence-electron chi connectivity index (χ4n) is 1.48. The summed E-state index contributed by atoms with van der Waals surface area (Å²) >= 11 is 8.55. The van der Waals surface area contributed by atoms with E-state index in [1.165, 1.54) is 0 Å². The van der Waals surface area contributed by atoms with Crippen LogP contribution in [0.1, 0.15) is 18.5 Å². The number of rotatable bonds is 3. The first kappa shape index (κ1) is 14.1. The van der Waals surface area contributed by atoms with Crippen LogP contribution >= 0.6 is 43.6 Å². The SMILES string of the molecule is CC(N)c1ccc(Sc2ccc(Br)cn2)cc1Br. The highest BCUT2D eigenvalue weighted by Gasteiger charge is 2.07. The topological polar surface area (TPSA) is 38.9 Å². The van der Waals surface area contributed by atoms with E-state index in [1.54, 1.807) is 18.0 Å². The number of hydrogen-bond acceptors (Lipinski definition) is 3. The molecule has 94 valence electrons. The van der Waals surface area contributed by atoms with Crippen molar-refractivity contribution in [1.29, 1.82) is 0 Å². The molecule has 18 heavy (non-hydrogen) atoms. The minimum atomic E-state index is 0.0317. The maximum Gasteiger partial charge on any atom is 0.101 e. The molecule has 0 radical (unpaired) electrons. The van der Waals surface area contributed by atoms with Gasteiger partial charge in [0.1, 0.15) is 5.03 Å². The Hall–Kier alpha value is -0.360. The van der Waals surface area contributed by atoms with E-state index in [-0.39, 0.29) is 6.04 Å². The molecule has 1 aromatic carbocycles. The lowest BCUT2D eigenvalue weighted by molar-refractivity contribution is 0.811. The van der Waals surface area contributed by atoms with E-state index in [4.69, 9.17) is 5.73 Å². The van der Waals surface area contributed by atoms with Crippen LogP contribution in [-0.4, -0.2) is 4.98 Å². The van der Waals surface area contributed by atoms with E-state index >= 15 is 0 Å². The van der Waals surface area contributed by atoms with E-state index in [0.717, 1.165) is 24.4 Å². The van der Waals surface area contributed by atoms with Crippen LogP contribution in [-0.2, 0) is 0 Å². The molecule has 1 unspecified atom stereocenters. The van der Waals surface area contributed by atoms with E-state index in [2.05, 4.69) is 55.0 Å². The first-order chi connectivity index (χ1) is 8.56. The van der Waals surface area contributed by atoms with E-state index < -0.39 is 0 Å². The van der Waals surface area contributed by atoms with Gasteiger partial charge in [-0.2, -0.15) is 0 Å². The number of hydrogen-bond donors (Lipinski definition) is 1. The lowest BCUT2D eigenvalue weighted by Crippen LogP contribution is -2.05. The molecule has 0 aliphatic rings. The van der Waals surface area contributed by atoms with E-state index in [0.29, 0.717) is 0 Å². The molecule has 0 aliphatic heterocycles. The quantitative estimate of drug-likeness (QED) is 0.823. The number of aromatic nitrogens is 1. The fourth-order valence-corrected chi connectivity index (χ4v) is 3.41. The van der Waals surface area contributed by atoms with Crippen molar-refractivity contribution in [3.8, 4) is 0 Å². The molecule has 0 bridgehead atoms. The predicted molar refractivity (Wildman–Crippen MR) is 82.8 cm³/mol. The molecule has 2 aromatic rings. The number of nitrogens with zero attached hydrogens (tertiary/aromatic N) is 1. The van der Waals surface area contributed by atoms with Gasteiger partial charge in [-0.05, 0) is 52.7 Å². The molecule has 0 saturated carbocycles. The molecule has 2 N–H and O–H groups in total. The highest BCUT2D eigenvalue weighted by molar-refractivity contribution is 9.10. The molecule has 0 fully saturated rings. The summed E-state index contributed by atoms with van der Waals surface area (Å²) in [7, 11) is 0. The van der Waals surface area contributed by atoms with Crippen molar-refractivity contribution >= 4 is 43.6 Å². The second-order valence-electron chi connectivity index (χ2n) is 3.89. The summed E-state index contributed by atoms with van der Waals surface area (Å²) < 4.78 is 2.03. The summed E-state index contributed by atoms with van der Waals surface area (Å²) in [6, 6.07) is 10.2. The summed E-state index contributed by atoms with van der Waals surface area (Å²) in [5.41, 5.74) is 6.99. The smallest absolute Gasteiger partial charge is 0.101 e. The minimum absolute atomic E-state index is 0.0317. The largest absolute Gasteiger partial charge is 0.324 e. The zero-order valence-corrected chi connectivity index (χ0v) is 13.7. The summed E-state index contributed by atoms with van der Waals surface area (Å²) in [4.78, 5) is 5.48. The average Bonchev–Trinajstić information content (AvgIpc) is 2.32. The van der Waals surface area contributed by atoms with Gasteiger partial charge in [0.2, 0.25) is 0 Å². The molecule has 1 aromatic heterocycles. The molecule has 0 amide bonds. The summed E-state index contributed by atoms with van der Waals surface area (Å²) in [6.45, 7) is 1.98. The minimum Gasteiger partial charge on any atom is -0.324 e. The monoisotopic (exact) mass is 386 g/mol. The van der Waals surface area contributed by atoms with Gasteiger partial charge in [-0.25, -0.2) is 4.98 Å². The van der Waals surface area contributed by atoms with Crippen molar-refractivity contribution in [2.75, 3.05) is 0 Å². The zero-order valence-electron chi connectivity index (χ0n) is 9.73. The van der Waals surface area contributed by atoms with Crippen LogP contribution in [0.4, 0.5) is 0 Å². The van der Waals surface area contributed by atoms with Crippen molar-refractivity contribution in [3.05, 3.63) is 51.0 Å². The van der Waals surface area contributed by atoms with Crippen molar-refractivity contribution in [2.24, 2.45) is 5.73 Å². The van der Waals surface area contributed by atoms with Crippen molar-refractivity contribution in [2.45, 2.75) is 22.9 Å². The van der Waals surface area contributed by atoms with Crippen LogP contribution in [0.5, 0.6) is 0 Å². The fraction of sp³-hybridized carbons (Fsp3) is 0.154. The van der Waals surface area contributed by atoms with Crippen LogP contribution in [0, 0.1) is 0 Å². The third-order valence-corrected chi connectivity index (χ3v) is 4.48. The van der Waals surface area contributed by atoms with E-state index in [1.807, 2.05) is 19.1 Å². The van der Waals surface area contributed by atoms with Crippen LogP contribution in [0.3, 0.4) is 0 Å². The Labute approximate surface area is 128 Å². The molecular formula is C13H12Br2N2S. The lowest BCUT2D eigenvalue weighted by Gasteiger charge is -2.09. The second kappa shape index (κ2) is 6.19. The van der Waals surface area contributed by atoms with Gasteiger partial charge >= 0.3 is 0 Å². The van der Waals surface area contributed by atoms with Crippen LogP contribution < -0.4 is 5.73 Å². The second-order valence-corrected chi connectivity index (χ2v) is 6.75. The Balaban J connectivity index is 2.20. The third kappa shape index (κ3) is 3.57. The van der Waals surface area contributed by atoms with Crippen LogP contribution in [0.15, 0.2) is 55.4 Å². The van der Waals surface area contributed by atoms with Gasteiger partial charge in [-0.1, -0.05) is 33.8 Å².